The van der Waals surface area contributed by atoms with Crippen LogP contribution >= 0.6 is 39.0 Å². The number of thioether (sulfide) groups is 1. The molecule has 1 aliphatic rings. The van der Waals surface area contributed by atoms with Crippen molar-refractivity contribution in [3.8, 4) is 0 Å². The van der Waals surface area contributed by atoms with Crippen molar-refractivity contribution in [1.29, 1.82) is 0 Å². The highest BCUT2D eigenvalue weighted by molar-refractivity contribution is 9.10. The van der Waals surface area contributed by atoms with Gasteiger partial charge in [0.1, 0.15) is 5.76 Å². The molecule has 1 saturated heterocycles. The Bertz CT molecular complexity index is 1060. The molecule has 0 unspecified atom stereocenters. The van der Waals surface area contributed by atoms with E-state index in [-0.39, 0.29) is 5.91 Å². The van der Waals surface area contributed by atoms with Crippen LogP contribution in [0.4, 0.5) is 0 Å². The second kappa shape index (κ2) is 8.72. The van der Waals surface area contributed by atoms with Gasteiger partial charge in [0.05, 0.1) is 23.9 Å². The van der Waals surface area contributed by atoms with Crippen LogP contribution in [0.3, 0.4) is 0 Å². The summed E-state index contributed by atoms with van der Waals surface area (Å²) in [6, 6.07) is 15.3. The van der Waals surface area contributed by atoms with Gasteiger partial charge in [0.25, 0.3) is 5.91 Å². The van der Waals surface area contributed by atoms with Crippen LogP contribution in [-0.4, -0.2) is 22.2 Å². The minimum Gasteiger partial charge on any atom is -0.467 e. The van der Waals surface area contributed by atoms with Crippen LogP contribution in [-0.2, 0) is 11.3 Å². The first-order valence-electron chi connectivity index (χ1n) is 8.33. The smallest absolute Gasteiger partial charge is 0.267 e. The SMILES string of the molecule is O=C1/C(=C/c2cccc(Br)c2)S/C(=N/N=C\c2cccs2)N1Cc1ccco1. The number of amides is 1. The third kappa shape index (κ3) is 4.52. The summed E-state index contributed by atoms with van der Waals surface area (Å²) in [4.78, 5) is 16.2. The standard InChI is InChI=1S/C20H14BrN3O2S2/c21-15-5-1-4-14(10-15)11-18-19(25)24(13-16-6-2-8-26-16)20(28-18)23-22-12-17-7-3-9-27-17/h1-12H,13H2/b18-11-,22-12-,23-20+. The summed E-state index contributed by atoms with van der Waals surface area (Å²) < 4.78 is 6.36. The first-order chi connectivity index (χ1) is 13.7. The molecule has 0 bridgehead atoms. The summed E-state index contributed by atoms with van der Waals surface area (Å²) in [6.45, 7) is 0.308. The van der Waals surface area contributed by atoms with Crippen molar-refractivity contribution < 1.29 is 9.21 Å². The molecule has 1 amide bonds. The van der Waals surface area contributed by atoms with Gasteiger partial charge in [-0.1, -0.05) is 34.1 Å². The Hall–Kier alpha value is -2.42. The number of furan rings is 1. The van der Waals surface area contributed by atoms with E-state index < -0.39 is 0 Å². The van der Waals surface area contributed by atoms with Crippen LogP contribution in [0.5, 0.6) is 0 Å². The Morgan fingerprint density at radius 3 is 2.86 bits per heavy atom. The molecule has 28 heavy (non-hydrogen) atoms. The molecule has 8 heteroatoms. The van der Waals surface area contributed by atoms with Crippen molar-refractivity contribution in [2.45, 2.75) is 6.54 Å². The fourth-order valence-corrected chi connectivity index (χ4v) is 4.46. The first-order valence-corrected chi connectivity index (χ1v) is 10.8. The lowest BCUT2D eigenvalue weighted by atomic mass is 10.2. The molecule has 2 aromatic heterocycles. The van der Waals surface area contributed by atoms with E-state index in [0.717, 1.165) is 14.9 Å². The molecule has 0 spiro atoms. The van der Waals surface area contributed by atoms with E-state index in [1.54, 1.807) is 34.8 Å². The predicted molar refractivity (Wildman–Crippen MR) is 118 cm³/mol. The molecule has 4 rings (SSSR count). The number of nitrogens with zero attached hydrogens (tertiary/aromatic N) is 3. The number of carbonyl (C=O) groups is 1. The quantitative estimate of drug-likeness (QED) is 0.276. The van der Waals surface area contributed by atoms with Crippen molar-refractivity contribution in [3.63, 3.8) is 0 Å². The number of hydrogen-bond acceptors (Lipinski definition) is 6. The first kappa shape index (κ1) is 18.9. The van der Waals surface area contributed by atoms with Gasteiger partial charge in [0.2, 0.25) is 0 Å². The van der Waals surface area contributed by atoms with Crippen molar-refractivity contribution in [1.82, 2.24) is 4.90 Å². The van der Waals surface area contributed by atoms with Gasteiger partial charge in [-0.15, -0.1) is 16.4 Å². The Balaban J connectivity index is 1.63. The zero-order valence-electron chi connectivity index (χ0n) is 14.5. The lowest BCUT2D eigenvalue weighted by molar-refractivity contribution is -0.122. The largest absolute Gasteiger partial charge is 0.467 e. The maximum atomic E-state index is 13.0. The molecule has 140 valence electrons. The summed E-state index contributed by atoms with van der Waals surface area (Å²) in [5, 5.41) is 10.9. The average Bonchev–Trinajstić information content (AvgIpc) is 3.42. The van der Waals surface area contributed by atoms with Crippen LogP contribution in [0.1, 0.15) is 16.2 Å². The number of rotatable bonds is 5. The predicted octanol–water partition coefficient (Wildman–Crippen LogP) is 5.61. The topological polar surface area (TPSA) is 58.2 Å². The second-order valence-corrected chi connectivity index (χ2v) is 8.68. The maximum absolute atomic E-state index is 13.0. The Morgan fingerprint density at radius 1 is 1.18 bits per heavy atom. The summed E-state index contributed by atoms with van der Waals surface area (Å²) >= 11 is 6.34. The molecule has 1 aliphatic heterocycles. The van der Waals surface area contributed by atoms with Crippen molar-refractivity contribution >= 4 is 62.4 Å². The van der Waals surface area contributed by atoms with E-state index in [4.69, 9.17) is 4.42 Å². The van der Waals surface area contributed by atoms with Gasteiger partial charge in [-0.25, -0.2) is 0 Å². The van der Waals surface area contributed by atoms with Crippen molar-refractivity contribution in [2.75, 3.05) is 0 Å². The Morgan fingerprint density at radius 2 is 2.11 bits per heavy atom. The highest BCUT2D eigenvalue weighted by Crippen LogP contribution is 2.34. The highest BCUT2D eigenvalue weighted by Gasteiger charge is 2.34. The minimum atomic E-state index is -0.119. The van der Waals surface area contributed by atoms with Gasteiger partial charge < -0.3 is 4.42 Å². The van der Waals surface area contributed by atoms with Crippen LogP contribution in [0, 0.1) is 0 Å². The lowest BCUT2D eigenvalue weighted by Gasteiger charge is -2.12. The lowest BCUT2D eigenvalue weighted by Crippen LogP contribution is -2.28. The molecule has 5 nitrogen and oxygen atoms in total. The van der Waals surface area contributed by atoms with Crippen LogP contribution in [0.2, 0.25) is 0 Å². The molecule has 0 atom stereocenters. The zero-order valence-corrected chi connectivity index (χ0v) is 17.7. The van der Waals surface area contributed by atoms with Crippen LogP contribution in [0.15, 0.2) is 84.2 Å². The molecule has 0 N–H and O–H groups in total. The zero-order chi connectivity index (χ0) is 19.3. The van der Waals surface area contributed by atoms with Gasteiger partial charge in [-0.2, -0.15) is 5.10 Å². The number of amidine groups is 1. The van der Waals surface area contributed by atoms with E-state index in [2.05, 4.69) is 26.1 Å². The molecular weight excluding hydrogens is 458 g/mol. The van der Waals surface area contributed by atoms with Crippen LogP contribution < -0.4 is 0 Å². The molecule has 3 aromatic rings. The number of benzene rings is 1. The van der Waals surface area contributed by atoms with E-state index in [1.807, 2.05) is 53.9 Å². The minimum absolute atomic E-state index is 0.119. The second-order valence-electron chi connectivity index (χ2n) is 5.78. The Kier molecular flexibility index (Phi) is 5.90. The van der Waals surface area contributed by atoms with Gasteiger partial charge in [0, 0.05) is 9.35 Å². The summed E-state index contributed by atoms with van der Waals surface area (Å²) in [7, 11) is 0. The van der Waals surface area contributed by atoms with Crippen molar-refractivity contribution in [3.05, 3.63) is 85.8 Å². The van der Waals surface area contributed by atoms with E-state index in [1.165, 1.54) is 11.8 Å². The molecule has 3 heterocycles. The van der Waals surface area contributed by atoms with Gasteiger partial charge in [-0.3, -0.25) is 9.69 Å². The van der Waals surface area contributed by atoms with Gasteiger partial charge in [0.15, 0.2) is 5.17 Å². The normalized spacial score (nSPS) is 17.5. The van der Waals surface area contributed by atoms with E-state index in [9.17, 15) is 4.79 Å². The maximum Gasteiger partial charge on any atom is 0.267 e. The van der Waals surface area contributed by atoms with E-state index >= 15 is 0 Å². The molecule has 0 aliphatic carbocycles. The fraction of sp³-hybridized carbons (Fsp3) is 0.0500. The van der Waals surface area contributed by atoms with E-state index in [0.29, 0.717) is 22.4 Å². The highest BCUT2D eigenvalue weighted by atomic mass is 79.9. The Labute approximate surface area is 178 Å². The number of carbonyl (C=O) groups excluding carboxylic acids is 1. The third-order valence-electron chi connectivity index (χ3n) is 3.80. The monoisotopic (exact) mass is 471 g/mol. The number of thiophene rings is 1. The summed E-state index contributed by atoms with van der Waals surface area (Å²) in [6.07, 6.45) is 5.13. The average molecular weight is 472 g/mol. The summed E-state index contributed by atoms with van der Waals surface area (Å²) in [5.41, 5.74) is 0.937. The fourth-order valence-electron chi connectivity index (χ4n) is 2.53. The number of hydrogen-bond donors (Lipinski definition) is 0. The third-order valence-corrected chi connectivity index (χ3v) is 6.10. The van der Waals surface area contributed by atoms with Crippen molar-refractivity contribution in [2.24, 2.45) is 10.2 Å². The number of halogens is 1. The molecule has 0 radical (unpaired) electrons. The van der Waals surface area contributed by atoms with Gasteiger partial charge >= 0.3 is 0 Å². The molecular formula is C20H14BrN3O2S2. The molecule has 1 fully saturated rings. The summed E-state index contributed by atoms with van der Waals surface area (Å²) in [5.74, 6) is 0.569. The molecule has 0 saturated carbocycles. The molecule has 1 aromatic carbocycles. The van der Waals surface area contributed by atoms with Gasteiger partial charge in [-0.05, 0) is 59.1 Å². The van der Waals surface area contributed by atoms with Crippen LogP contribution in [0.25, 0.3) is 6.08 Å².